The summed E-state index contributed by atoms with van der Waals surface area (Å²) in [5, 5.41) is 5.31. The van der Waals surface area contributed by atoms with Gasteiger partial charge in [0, 0.05) is 14.3 Å². The summed E-state index contributed by atoms with van der Waals surface area (Å²) in [5.74, 6) is 1.94. The Hall–Kier alpha value is 0.0600. The predicted octanol–water partition coefficient (Wildman–Crippen LogP) is 5.41. The summed E-state index contributed by atoms with van der Waals surface area (Å²) in [5.41, 5.74) is 1.30. The maximum Gasteiger partial charge on any atom is 0.161 e. The summed E-state index contributed by atoms with van der Waals surface area (Å²) in [6.07, 6.45) is 5.16. The van der Waals surface area contributed by atoms with Gasteiger partial charge in [0.25, 0.3) is 0 Å². The van der Waals surface area contributed by atoms with E-state index in [0.717, 1.165) is 31.1 Å². The van der Waals surface area contributed by atoms with E-state index in [2.05, 4.69) is 34.8 Å². The van der Waals surface area contributed by atoms with Crippen molar-refractivity contribution >= 4 is 56.8 Å². The SMILES string of the molecule is CC1CCCC2(CSC(Nc3ccc(Cl)cc3I)=N2)C1. The zero-order valence-electron chi connectivity index (χ0n) is 11.5. The minimum absolute atomic E-state index is 0.197. The molecule has 0 radical (unpaired) electrons. The highest BCUT2D eigenvalue weighted by Crippen LogP contribution is 2.42. The number of halogens is 2. The normalized spacial score (nSPS) is 29.6. The number of rotatable bonds is 1. The second-order valence-electron chi connectivity index (χ2n) is 5.88. The number of nitrogens with one attached hydrogen (secondary N) is 1. The molecule has 1 N–H and O–H groups in total. The molecule has 1 fully saturated rings. The van der Waals surface area contributed by atoms with Crippen molar-refractivity contribution in [1.29, 1.82) is 0 Å². The lowest BCUT2D eigenvalue weighted by molar-refractivity contribution is 0.266. The van der Waals surface area contributed by atoms with E-state index in [1.807, 2.05) is 30.0 Å². The molecule has 1 aromatic carbocycles. The molecular formula is C15H18ClIN2S. The molecule has 1 aromatic rings. The van der Waals surface area contributed by atoms with Crippen molar-refractivity contribution in [2.24, 2.45) is 10.9 Å². The van der Waals surface area contributed by atoms with Crippen molar-refractivity contribution in [3.63, 3.8) is 0 Å². The summed E-state index contributed by atoms with van der Waals surface area (Å²) in [6.45, 7) is 2.36. The Morgan fingerprint density at radius 2 is 2.35 bits per heavy atom. The molecule has 2 atom stereocenters. The van der Waals surface area contributed by atoms with Crippen LogP contribution in [0.1, 0.15) is 32.6 Å². The standard InChI is InChI=1S/C15H18ClIN2S/c1-10-3-2-6-15(8-10)9-20-14(19-15)18-13-5-4-11(16)7-12(13)17/h4-5,7,10H,2-3,6,8-9H2,1H3,(H,18,19). The van der Waals surface area contributed by atoms with Crippen molar-refractivity contribution in [2.45, 2.75) is 38.1 Å². The number of thioether (sulfide) groups is 1. The number of hydrogen-bond donors (Lipinski definition) is 1. The highest BCUT2D eigenvalue weighted by Gasteiger charge is 2.39. The summed E-state index contributed by atoms with van der Waals surface area (Å²) < 4.78 is 1.14. The van der Waals surface area contributed by atoms with Crippen LogP contribution in [0.15, 0.2) is 23.2 Å². The third-order valence-electron chi connectivity index (χ3n) is 4.06. The van der Waals surface area contributed by atoms with Crippen LogP contribution in [0.3, 0.4) is 0 Å². The van der Waals surface area contributed by atoms with Gasteiger partial charge in [-0.15, -0.1) is 0 Å². The Kier molecular flexibility index (Phi) is 4.53. The topological polar surface area (TPSA) is 24.4 Å². The fourth-order valence-corrected chi connectivity index (χ4v) is 5.30. The van der Waals surface area contributed by atoms with Gasteiger partial charge in [-0.05, 0) is 59.5 Å². The second-order valence-corrected chi connectivity index (χ2v) is 8.44. The molecule has 5 heteroatoms. The van der Waals surface area contributed by atoms with Gasteiger partial charge in [0.15, 0.2) is 5.17 Å². The minimum Gasteiger partial charge on any atom is -0.334 e. The van der Waals surface area contributed by atoms with E-state index in [1.165, 1.54) is 25.7 Å². The molecule has 2 unspecified atom stereocenters. The van der Waals surface area contributed by atoms with Crippen LogP contribution in [0.2, 0.25) is 5.02 Å². The molecule has 0 saturated heterocycles. The zero-order chi connectivity index (χ0) is 14.2. The molecule has 1 aliphatic heterocycles. The molecule has 0 amide bonds. The molecule has 1 aliphatic carbocycles. The van der Waals surface area contributed by atoms with Gasteiger partial charge in [-0.25, -0.2) is 0 Å². The van der Waals surface area contributed by atoms with E-state index in [1.54, 1.807) is 0 Å². The molecule has 2 nitrogen and oxygen atoms in total. The third-order valence-corrected chi connectivity index (χ3v) is 6.33. The number of hydrogen-bond acceptors (Lipinski definition) is 3. The highest BCUT2D eigenvalue weighted by molar-refractivity contribution is 14.1. The van der Waals surface area contributed by atoms with E-state index in [-0.39, 0.29) is 5.54 Å². The van der Waals surface area contributed by atoms with Gasteiger partial charge in [0.05, 0.1) is 11.2 Å². The molecule has 2 aliphatic rings. The molecule has 3 rings (SSSR count). The van der Waals surface area contributed by atoms with Crippen LogP contribution in [0.5, 0.6) is 0 Å². The molecule has 1 saturated carbocycles. The zero-order valence-corrected chi connectivity index (χ0v) is 15.2. The fraction of sp³-hybridized carbons (Fsp3) is 0.533. The largest absolute Gasteiger partial charge is 0.334 e. The molecule has 1 heterocycles. The maximum atomic E-state index is 6.00. The van der Waals surface area contributed by atoms with Crippen LogP contribution in [0.4, 0.5) is 5.69 Å². The Morgan fingerprint density at radius 1 is 1.50 bits per heavy atom. The van der Waals surface area contributed by atoms with Gasteiger partial charge >= 0.3 is 0 Å². The van der Waals surface area contributed by atoms with E-state index >= 15 is 0 Å². The summed E-state index contributed by atoms with van der Waals surface area (Å²) >= 11 is 10.2. The van der Waals surface area contributed by atoms with E-state index in [9.17, 15) is 0 Å². The number of nitrogens with zero attached hydrogens (tertiary/aromatic N) is 1. The number of aliphatic imine (C=N–C) groups is 1. The average molecular weight is 421 g/mol. The van der Waals surface area contributed by atoms with Crippen molar-refractivity contribution in [3.8, 4) is 0 Å². The van der Waals surface area contributed by atoms with Gasteiger partial charge in [0.1, 0.15) is 0 Å². The molecule has 1 spiro atoms. The number of amidine groups is 1. The molecule has 108 valence electrons. The van der Waals surface area contributed by atoms with Gasteiger partial charge in [-0.2, -0.15) is 0 Å². The van der Waals surface area contributed by atoms with Crippen LogP contribution < -0.4 is 5.32 Å². The van der Waals surface area contributed by atoms with Gasteiger partial charge in [0.2, 0.25) is 0 Å². The van der Waals surface area contributed by atoms with Crippen LogP contribution in [-0.4, -0.2) is 16.5 Å². The van der Waals surface area contributed by atoms with Crippen molar-refractivity contribution in [2.75, 3.05) is 11.1 Å². The van der Waals surface area contributed by atoms with Crippen LogP contribution >= 0.6 is 46.0 Å². The highest BCUT2D eigenvalue weighted by atomic mass is 127. The first-order valence-electron chi connectivity index (χ1n) is 7.01. The van der Waals surface area contributed by atoms with E-state index in [4.69, 9.17) is 16.6 Å². The first kappa shape index (κ1) is 15.0. The maximum absolute atomic E-state index is 6.00. The summed E-state index contributed by atoms with van der Waals surface area (Å²) in [7, 11) is 0. The molecule has 20 heavy (non-hydrogen) atoms. The fourth-order valence-electron chi connectivity index (χ4n) is 3.12. The lowest BCUT2D eigenvalue weighted by Gasteiger charge is -2.33. The van der Waals surface area contributed by atoms with Crippen LogP contribution in [0.25, 0.3) is 0 Å². The summed E-state index contributed by atoms with van der Waals surface area (Å²) in [6, 6.07) is 5.93. The predicted molar refractivity (Wildman–Crippen MR) is 98.0 cm³/mol. The lowest BCUT2D eigenvalue weighted by Crippen LogP contribution is -2.33. The molecule has 0 bridgehead atoms. The van der Waals surface area contributed by atoms with Gasteiger partial charge in [-0.3, -0.25) is 4.99 Å². The Bertz CT molecular complexity index is 549. The quantitative estimate of drug-likeness (QED) is 0.614. The Balaban J connectivity index is 1.75. The third kappa shape index (κ3) is 3.28. The van der Waals surface area contributed by atoms with Gasteiger partial charge < -0.3 is 5.32 Å². The molecule has 0 aromatic heterocycles. The van der Waals surface area contributed by atoms with E-state index in [0.29, 0.717) is 0 Å². The lowest BCUT2D eigenvalue weighted by atomic mass is 9.78. The first-order valence-corrected chi connectivity index (χ1v) is 9.45. The average Bonchev–Trinajstić information content (AvgIpc) is 2.75. The number of anilines is 1. The van der Waals surface area contributed by atoms with Crippen LogP contribution in [-0.2, 0) is 0 Å². The van der Waals surface area contributed by atoms with Crippen LogP contribution in [0, 0.1) is 9.49 Å². The monoisotopic (exact) mass is 420 g/mol. The first-order chi connectivity index (χ1) is 9.56. The van der Waals surface area contributed by atoms with Crippen molar-refractivity contribution in [1.82, 2.24) is 0 Å². The Morgan fingerprint density at radius 3 is 3.10 bits per heavy atom. The van der Waals surface area contributed by atoms with Crippen molar-refractivity contribution < 1.29 is 0 Å². The van der Waals surface area contributed by atoms with Crippen molar-refractivity contribution in [3.05, 3.63) is 26.8 Å². The Labute approximate surface area is 143 Å². The second kappa shape index (κ2) is 6.05. The minimum atomic E-state index is 0.197. The number of benzene rings is 1. The summed E-state index contributed by atoms with van der Waals surface area (Å²) in [4.78, 5) is 5.02. The van der Waals surface area contributed by atoms with Gasteiger partial charge in [-0.1, -0.05) is 43.1 Å². The smallest absolute Gasteiger partial charge is 0.161 e. The van der Waals surface area contributed by atoms with E-state index < -0.39 is 0 Å². The molecular weight excluding hydrogens is 403 g/mol.